The molecule has 0 unspecified atom stereocenters. The number of benzene rings is 8. The van der Waals surface area contributed by atoms with Crippen molar-refractivity contribution in [2.24, 2.45) is 0 Å². The Hall–Kier alpha value is -7.94. The summed E-state index contributed by atoms with van der Waals surface area (Å²) in [5.41, 5.74) is 18.5. The van der Waals surface area contributed by atoms with Gasteiger partial charge < -0.3 is 9.80 Å². The van der Waals surface area contributed by atoms with Crippen molar-refractivity contribution in [3.63, 3.8) is 0 Å². The summed E-state index contributed by atoms with van der Waals surface area (Å²) in [5, 5.41) is 2.00. The summed E-state index contributed by atoms with van der Waals surface area (Å²) in [6, 6.07) is 66.7. The fraction of sp³-hybridized carbons (Fsp3) is 0.121. The van der Waals surface area contributed by atoms with Gasteiger partial charge in [-0.1, -0.05) is 200 Å². The standard InChI is InChI=1S/C66H60N2/c1-9-14-53-45-63(35-17-47(53)4)67(61-41-31-57(32-42-61)65(5,6)55-27-18-48(10-2)19-28-55)59-36-22-51(23-37-59)52-24-38-60(39-25-52)68(64-40-26-50-15-12-13-16-54(50)46-64)62-43-33-58(34-44-62)66(7,8)56-29-20-49(11-3)21-30-56/h9-11,13-14,16-46H,1-4,12,15H2,5-8H3/b53-14-. The van der Waals surface area contributed by atoms with Gasteiger partial charge in [-0.3, -0.25) is 0 Å². The van der Waals surface area contributed by atoms with Crippen LogP contribution >= 0.6 is 0 Å². The lowest BCUT2D eigenvalue weighted by Gasteiger charge is -2.29. The maximum absolute atomic E-state index is 4.29. The van der Waals surface area contributed by atoms with E-state index in [0.29, 0.717) is 0 Å². The van der Waals surface area contributed by atoms with E-state index < -0.39 is 0 Å². The lowest BCUT2D eigenvalue weighted by molar-refractivity contribution is 0.641. The normalized spacial score (nSPS) is 12.6. The van der Waals surface area contributed by atoms with E-state index in [1.807, 2.05) is 24.3 Å². The second-order valence-electron chi connectivity index (χ2n) is 18.9. The van der Waals surface area contributed by atoms with E-state index in [0.717, 1.165) is 79.7 Å². The van der Waals surface area contributed by atoms with Gasteiger partial charge in [0, 0.05) is 45.0 Å². The highest BCUT2D eigenvalue weighted by Crippen LogP contribution is 2.41. The fourth-order valence-corrected chi connectivity index (χ4v) is 9.52. The zero-order valence-electron chi connectivity index (χ0n) is 39.9. The minimum Gasteiger partial charge on any atom is -0.310 e. The minimum atomic E-state index is -0.183. The first-order valence-electron chi connectivity index (χ1n) is 23.7. The van der Waals surface area contributed by atoms with Crippen molar-refractivity contribution in [1.82, 2.24) is 0 Å². The smallest absolute Gasteiger partial charge is 0.0467 e. The molecule has 0 radical (unpaired) electrons. The summed E-state index contributed by atoms with van der Waals surface area (Å²) < 4.78 is 0. The molecular formula is C66H60N2. The molecule has 2 nitrogen and oxygen atoms in total. The quantitative estimate of drug-likeness (QED) is 0.107. The first kappa shape index (κ1) is 45.2. The summed E-state index contributed by atoms with van der Waals surface area (Å²) in [4.78, 5) is 4.70. The zero-order chi connectivity index (χ0) is 47.4. The highest BCUT2D eigenvalue weighted by molar-refractivity contribution is 5.82. The van der Waals surface area contributed by atoms with Crippen LogP contribution in [0.15, 0.2) is 214 Å². The third-order valence-electron chi connectivity index (χ3n) is 14.0. The molecule has 0 spiro atoms. The Bertz CT molecular complexity index is 3240. The van der Waals surface area contributed by atoms with Gasteiger partial charge in [0.25, 0.3) is 0 Å². The van der Waals surface area contributed by atoms with Crippen molar-refractivity contribution in [2.45, 2.75) is 51.4 Å². The van der Waals surface area contributed by atoms with Crippen LogP contribution < -0.4 is 20.2 Å². The van der Waals surface area contributed by atoms with Crippen LogP contribution in [-0.4, -0.2) is 0 Å². The summed E-state index contributed by atoms with van der Waals surface area (Å²) >= 11 is 0. The van der Waals surface area contributed by atoms with Gasteiger partial charge in [-0.25, -0.2) is 0 Å². The van der Waals surface area contributed by atoms with E-state index in [2.05, 4.69) is 258 Å². The predicted molar refractivity (Wildman–Crippen MR) is 295 cm³/mol. The Labute approximate surface area is 404 Å². The molecule has 0 amide bonds. The summed E-state index contributed by atoms with van der Waals surface area (Å²) in [5.74, 6) is 0. The predicted octanol–water partition coefficient (Wildman–Crippen LogP) is 16.6. The summed E-state index contributed by atoms with van der Waals surface area (Å²) in [6.07, 6.45) is 14.3. The van der Waals surface area contributed by atoms with Crippen LogP contribution in [0.5, 0.6) is 0 Å². The molecule has 68 heavy (non-hydrogen) atoms. The van der Waals surface area contributed by atoms with Crippen LogP contribution in [0.3, 0.4) is 0 Å². The number of allylic oxidation sites excluding steroid dienone is 2. The van der Waals surface area contributed by atoms with E-state index in [-0.39, 0.29) is 10.8 Å². The number of nitrogens with zero attached hydrogens (tertiary/aromatic N) is 2. The molecule has 1 aliphatic rings. The van der Waals surface area contributed by atoms with Gasteiger partial charge in [0.2, 0.25) is 0 Å². The fourth-order valence-electron chi connectivity index (χ4n) is 9.52. The van der Waals surface area contributed by atoms with E-state index >= 15 is 0 Å². The topological polar surface area (TPSA) is 6.48 Å². The highest BCUT2D eigenvalue weighted by atomic mass is 15.1. The molecule has 0 saturated carbocycles. The van der Waals surface area contributed by atoms with Gasteiger partial charge in [-0.05, 0) is 152 Å². The lowest BCUT2D eigenvalue weighted by Crippen LogP contribution is -2.24. The molecule has 0 heterocycles. The van der Waals surface area contributed by atoms with Gasteiger partial charge in [0.1, 0.15) is 0 Å². The van der Waals surface area contributed by atoms with Crippen molar-refractivity contribution in [3.8, 4) is 11.1 Å². The maximum atomic E-state index is 4.29. The second-order valence-corrected chi connectivity index (χ2v) is 18.9. The SMILES string of the molecule is C=C/C=c1/cc(N(c2ccc(-c3ccc(N(c4ccc(C(C)(C)c5ccc(C=C)cc5)cc4)c4ccc5c(c4)C=CCC5)cc3)cc2)c2ccc(C(C)(C)c3ccc(C=C)cc3)cc2)ccc1=C. The largest absolute Gasteiger partial charge is 0.310 e. The summed E-state index contributed by atoms with van der Waals surface area (Å²) in [6.45, 7) is 25.3. The van der Waals surface area contributed by atoms with Gasteiger partial charge in [0.05, 0.1) is 0 Å². The number of hydrogen-bond donors (Lipinski definition) is 0. The van der Waals surface area contributed by atoms with Gasteiger partial charge in [0.15, 0.2) is 0 Å². The molecule has 0 aliphatic heterocycles. The van der Waals surface area contributed by atoms with Gasteiger partial charge in [-0.2, -0.15) is 0 Å². The average molecular weight is 881 g/mol. The van der Waals surface area contributed by atoms with E-state index in [1.54, 1.807) is 0 Å². The van der Waals surface area contributed by atoms with Crippen molar-refractivity contribution >= 4 is 65.0 Å². The molecule has 2 heteroatoms. The monoisotopic (exact) mass is 880 g/mol. The number of hydrogen-bond acceptors (Lipinski definition) is 2. The highest BCUT2D eigenvalue weighted by Gasteiger charge is 2.26. The van der Waals surface area contributed by atoms with Crippen LogP contribution in [0, 0.1) is 0 Å². The van der Waals surface area contributed by atoms with Crippen LogP contribution in [0.4, 0.5) is 34.1 Å². The molecule has 8 aromatic carbocycles. The molecule has 0 N–H and O–H groups in total. The van der Waals surface area contributed by atoms with Crippen molar-refractivity contribution < 1.29 is 0 Å². The average Bonchev–Trinajstić information content (AvgIpc) is 3.38. The van der Waals surface area contributed by atoms with Crippen LogP contribution in [0.2, 0.25) is 0 Å². The molecule has 0 fully saturated rings. The Kier molecular flexibility index (Phi) is 12.7. The Morgan fingerprint density at radius 1 is 0.441 bits per heavy atom. The van der Waals surface area contributed by atoms with E-state index in [1.165, 1.54) is 33.4 Å². The number of rotatable bonds is 14. The lowest BCUT2D eigenvalue weighted by atomic mass is 9.78. The van der Waals surface area contributed by atoms with Crippen LogP contribution in [-0.2, 0) is 17.3 Å². The van der Waals surface area contributed by atoms with Crippen molar-refractivity contribution in [3.05, 3.63) is 269 Å². The zero-order valence-corrected chi connectivity index (χ0v) is 39.9. The molecule has 0 atom stereocenters. The number of anilines is 6. The Morgan fingerprint density at radius 2 is 0.824 bits per heavy atom. The Morgan fingerprint density at radius 3 is 1.25 bits per heavy atom. The molecule has 1 aliphatic carbocycles. The van der Waals surface area contributed by atoms with E-state index in [4.69, 9.17) is 0 Å². The molecule has 8 aromatic rings. The molecule has 0 saturated heterocycles. The molecule has 9 rings (SSSR count). The van der Waals surface area contributed by atoms with Crippen molar-refractivity contribution in [1.29, 1.82) is 0 Å². The number of fused-ring (bicyclic) bond motifs is 1. The van der Waals surface area contributed by atoms with E-state index in [9.17, 15) is 0 Å². The molecular weight excluding hydrogens is 821 g/mol. The molecule has 334 valence electrons. The Balaban J connectivity index is 1.04. The molecule has 0 aromatic heterocycles. The first-order chi connectivity index (χ1) is 33.0. The second kappa shape index (κ2) is 19.1. The first-order valence-corrected chi connectivity index (χ1v) is 23.7. The maximum Gasteiger partial charge on any atom is 0.0467 e. The third kappa shape index (κ3) is 9.11. The van der Waals surface area contributed by atoms with Crippen molar-refractivity contribution in [2.75, 3.05) is 9.80 Å². The van der Waals surface area contributed by atoms with Crippen LogP contribution in [0.1, 0.15) is 78.6 Å². The molecule has 0 bridgehead atoms. The van der Waals surface area contributed by atoms with Crippen LogP contribution in [0.25, 0.3) is 42.0 Å². The number of aryl methyl sites for hydroxylation is 1. The van der Waals surface area contributed by atoms with Gasteiger partial charge in [-0.15, -0.1) is 0 Å². The minimum absolute atomic E-state index is 0.167. The summed E-state index contributed by atoms with van der Waals surface area (Å²) in [7, 11) is 0. The van der Waals surface area contributed by atoms with Gasteiger partial charge >= 0.3 is 0 Å². The third-order valence-corrected chi connectivity index (χ3v) is 14.0.